The molecule has 2 unspecified atom stereocenters. The first-order valence-electron chi connectivity index (χ1n) is 13.8. The molecule has 1 aromatic rings. The van der Waals surface area contributed by atoms with E-state index in [0.717, 1.165) is 45.3 Å². The molecule has 5 rings (SSSR count). The highest BCUT2D eigenvalue weighted by atomic mass is 32.2. The highest BCUT2D eigenvalue weighted by molar-refractivity contribution is 8.04. The quantitative estimate of drug-likeness (QED) is 0.503. The first-order valence-corrected chi connectivity index (χ1v) is 14.6. The Balaban J connectivity index is 1.28. The van der Waals surface area contributed by atoms with Crippen molar-refractivity contribution in [3.05, 3.63) is 45.9 Å². The number of benzene rings is 1. The maximum absolute atomic E-state index is 13.4. The molecule has 0 spiro atoms. The molecule has 1 aromatic carbocycles. The smallest absolute Gasteiger partial charge is 0.316 e. The monoisotopic (exact) mass is 511 g/mol. The van der Waals surface area contributed by atoms with Crippen molar-refractivity contribution >= 4 is 23.6 Å². The number of thioether (sulfide) groups is 1. The van der Waals surface area contributed by atoms with Crippen LogP contribution in [0.2, 0.25) is 0 Å². The lowest BCUT2D eigenvalue weighted by atomic mass is 9.89. The Labute approximate surface area is 220 Å². The zero-order chi connectivity index (χ0) is 25.3. The van der Waals surface area contributed by atoms with Gasteiger partial charge in [0.15, 0.2) is 0 Å². The summed E-state index contributed by atoms with van der Waals surface area (Å²) in [5.74, 6) is -0.729. The summed E-state index contributed by atoms with van der Waals surface area (Å²) >= 11 is 1.66. The Hall–Kier alpha value is -1.83. The van der Waals surface area contributed by atoms with E-state index in [0.29, 0.717) is 17.6 Å². The molecule has 196 valence electrons. The summed E-state index contributed by atoms with van der Waals surface area (Å²) in [6.45, 7) is 8.77. The third-order valence-corrected chi connectivity index (χ3v) is 9.08. The van der Waals surface area contributed by atoms with Gasteiger partial charge in [0.2, 0.25) is 0 Å². The second-order valence-electron chi connectivity index (χ2n) is 11.8. The van der Waals surface area contributed by atoms with E-state index in [1.54, 1.807) is 11.8 Å². The number of amides is 1. The topological polar surface area (TPSA) is 70.7 Å². The summed E-state index contributed by atoms with van der Waals surface area (Å²) in [7, 11) is 0. The predicted octanol–water partition coefficient (Wildman–Crippen LogP) is 4.99. The van der Waals surface area contributed by atoms with E-state index in [4.69, 9.17) is 4.74 Å². The number of rotatable bonds is 7. The van der Waals surface area contributed by atoms with Crippen LogP contribution in [0.4, 0.5) is 0 Å². The van der Waals surface area contributed by atoms with Gasteiger partial charge in [-0.1, -0.05) is 12.1 Å². The van der Waals surface area contributed by atoms with Crippen molar-refractivity contribution in [2.24, 2.45) is 5.92 Å². The first kappa shape index (κ1) is 25.8. The number of esters is 1. The average Bonchev–Trinajstić information content (AvgIpc) is 3.62. The number of ether oxygens (including phenoxy) is 1. The highest BCUT2D eigenvalue weighted by Crippen LogP contribution is 2.48. The molecular formula is C29H41N3O3S. The van der Waals surface area contributed by atoms with Crippen molar-refractivity contribution in [2.75, 3.05) is 13.1 Å². The van der Waals surface area contributed by atoms with Crippen molar-refractivity contribution in [1.29, 1.82) is 0 Å². The maximum atomic E-state index is 13.4. The molecule has 2 N–H and O–H groups in total. The number of piperidine rings is 1. The molecule has 2 aliphatic heterocycles. The predicted molar refractivity (Wildman–Crippen MR) is 145 cm³/mol. The van der Waals surface area contributed by atoms with Crippen LogP contribution in [0.5, 0.6) is 0 Å². The second kappa shape index (κ2) is 10.9. The van der Waals surface area contributed by atoms with E-state index in [-0.39, 0.29) is 17.3 Å². The molecule has 2 atom stereocenters. The van der Waals surface area contributed by atoms with Gasteiger partial charge in [0, 0.05) is 24.2 Å². The Kier molecular flexibility index (Phi) is 7.80. The van der Waals surface area contributed by atoms with Crippen LogP contribution in [-0.2, 0) is 16.1 Å². The molecule has 0 bridgehead atoms. The van der Waals surface area contributed by atoms with Gasteiger partial charge in [0.05, 0.1) is 5.37 Å². The molecule has 2 aliphatic carbocycles. The lowest BCUT2D eigenvalue weighted by Gasteiger charge is -2.35. The Bertz CT molecular complexity index is 1010. The fraction of sp³-hybridized carbons (Fsp3) is 0.655. The van der Waals surface area contributed by atoms with E-state index in [9.17, 15) is 9.59 Å². The summed E-state index contributed by atoms with van der Waals surface area (Å²) in [6, 6.07) is 9.38. The summed E-state index contributed by atoms with van der Waals surface area (Å²) < 4.78 is 5.79. The number of carbonyl (C=O) groups excluding carboxylic acids is 2. The van der Waals surface area contributed by atoms with Crippen LogP contribution in [0.1, 0.15) is 88.1 Å². The van der Waals surface area contributed by atoms with Crippen molar-refractivity contribution in [2.45, 2.75) is 102 Å². The van der Waals surface area contributed by atoms with Gasteiger partial charge in [-0.3, -0.25) is 14.5 Å². The van der Waals surface area contributed by atoms with E-state index in [1.165, 1.54) is 41.7 Å². The number of carbonyl (C=O) groups is 2. The number of nitrogens with one attached hydrogen (secondary N) is 2. The molecule has 1 saturated heterocycles. The maximum Gasteiger partial charge on any atom is 0.316 e. The van der Waals surface area contributed by atoms with E-state index < -0.39 is 11.5 Å². The molecule has 0 aromatic heterocycles. The van der Waals surface area contributed by atoms with Gasteiger partial charge in [-0.05, 0) is 113 Å². The van der Waals surface area contributed by atoms with Gasteiger partial charge >= 0.3 is 5.97 Å². The minimum atomic E-state index is -0.551. The standard InChI is InChI=1S/C29H41N3O3S/c1-29(2,3)35-28(34)25-23-9-4-5-10-24(23)36-27(25)31-26(33)20-8-6-7-19(17-20)18-32(21-11-12-21)22-13-15-30-16-14-22/h6-8,17,21-22,25,27,30H,4-5,9-16,18H2,1-3H3,(H,31,33). The van der Waals surface area contributed by atoms with E-state index in [2.05, 4.69) is 21.6 Å². The molecule has 7 heteroatoms. The van der Waals surface area contributed by atoms with Crippen LogP contribution in [0.25, 0.3) is 0 Å². The second-order valence-corrected chi connectivity index (χ2v) is 13.0. The van der Waals surface area contributed by atoms with Crippen molar-refractivity contribution in [1.82, 2.24) is 15.5 Å². The van der Waals surface area contributed by atoms with E-state index in [1.807, 2.05) is 39.0 Å². The lowest BCUT2D eigenvalue weighted by molar-refractivity contribution is -0.158. The molecule has 2 heterocycles. The van der Waals surface area contributed by atoms with Crippen molar-refractivity contribution < 1.29 is 14.3 Å². The van der Waals surface area contributed by atoms with Crippen LogP contribution in [0.15, 0.2) is 34.7 Å². The van der Waals surface area contributed by atoms with Gasteiger partial charge in [-0.25, -0.2) is 0 Å². The minimum Gasteiger partial charge on any atom is -0.459 e. The normalized spacial score (nSPS) is 25.1. The lowest BCUT2D eigenvalue weighted by Crippen LogP contribution is -2.44. The molecular weight excluding hydrogens is 470 g/mol. The van der Waals surface area contributed by atoms with Gasteiger partial charge < -0.3 is 15.4 Å². The first-order chi connectivity index (χ1) is 17.3. The SMILES string of the molecule is CC(C)(C)OC(=O)C1C2=C(CCCC2)SC1NC(=O)c1cccc(CN(C2CCNCC2)C2CC2)c1. The molecule has 1 saturated carbocycles. The number of hydrogen-bond donors (Lipinski definition) is 2. The molecule has 0 radical (unpaired) electrons. The number of allylic oxidation sites excluding steroid dienone is 1. The minimum absolute atomic E-state index is 0.109. The van der Waals surface area contributed by atoms with Crippen LogP contribution in [-0.4, -0.2) is 52.9 Å². The Morgan fingerprint density at radius 2 is 1.81 bits per heavy atom. The van der Waals surface area contributed by atoms with Crippen molar-refractivity contribution in [3.63, 3.8) is 0 Å². The van der Waals surface area contributed by atoms with Crippen LogP contribution in [0.3, 0.4) is 0 Å². The van der Waals surface area contributed by atoms with E-state index >= 15 is 0 Å². The Morgan fingerprint density at radius 1 is 1.08 bits per heavy atom. The fourth-order valence-electron chi connectivity index (χ4n) is 5.85. The van der Waals surface area contributed by atoms with Gasteiger partial charge in [-0.2, -0.15) is 0 Å². The van der Waals surface area contributed by atoms with Gasteiger partial charge in [-0.15, -0.1) is 11.8 Å². The average molecular weight is 512 g/mol. The van der Waals surface area contributed by atoms with Crippen LogP contribution in [0, 0.1) is 5.92 Å². The zero-order valence-corrected chi connectivity index (χ0v) is 22.8. The summed E-state index contributed by atoms with van der Waals surface area (Å²) in [6.07, 6.45) is 9.11. The molecule has 6 nitrogen and oxygen atoms in total. The van der Waals surface area contributed by atoms with Gasteiger partial charge in [0.25, 0.3) is 5.91 Å². The molecule has 1 amide bonds. The van der Waals surface area contributed by atoms with Gasteiger partial charge in [0.1, 0.15) is 11.5 Å². The molecule has 4 aliphatic rings. The summed E-state index contributed by atoms with van der Waals surface area (Å²) in [4.78, 5) is 30.6. The Morgan fingerprint density at radius 3 is 2.53 bits per heavy atom. The third kappa shape index (κ3) is 6.17. The third-order valence-electron chi connectivity index (χ3n) is 7.69. The molecule has 36 heavy (non-hydrogen) atoms. The van der Waals surface area contributed by atoms with Crippen LogP contribution < -0.4 is 10.6 Å². The number of hydrogen-bond acceptors (Lipinski definition) is 6. The molecule has 2 fully saturated rings. The number of nitrogens with zero attached hydrogens (tertiary/aromatic N) is 1. The summed E-state index contributed by atoms with van der Waals surface area (Å²) in [5, 5.41) is 6.37. The summed E-state index contributed by atoms with van der Waals surface area (Å²) in [5.41, 5.74) is 2.49. The zero-order valence-electron chi connectivity index (χ0n) is 22.0. The van der Waals surface area contributed by atoms with Crippen LogP contribution >= 0.6 is 11.8 Å². The fourth-order valence-corrected chi connectivity index (χ4v) is 7.37. The largest absolute Gasteiger partial charge is 0.459 e. The van der Waals surface area contributed by atoms with Crippen molar-refractivity contribution in [3.8, 4) is 0 Å². The highest BCUT2D eigenvalue weighted by Gasteiger charge is 2.43.